The largest absolute Gasteiger partial charge is 0.497 e. The van der Waals surface area contributed by atoms with Gasteiger partial charge in [-0.1, -0.05) is 18.5 Å². The van der Waals surface area contributed by atoms with Crippen molar-refractivity contribution in [2.75, 3.05) is 6.61 Å². The average Bonchev–Trinajstić information content (AvgIpc) is 3.20. The molecule has 6 rings (SSSR count). The highest BCUT2D eigenvalue weighted by atomic mass is 35.5. The molecule has 2 aliphatic heterocycles. The van der Waals surface area contributed by atoms with Gasteiger partial charge in [0.15, 0.2) is 28.8 Å². The molecule has 3 aromatic heterocycles. The number of carboxylic acid groups (broad SMARTS) is 1. The minimum Gasteiger partial charge on any atom is -0.497 e. The fourth-order valence-electron chi connectivity index (χ4n) is 5.52. The van der Waals surface area contributed by atoms with Crippen LogP contribution in [0.1, 0.15) is 37.8 Å². The van der Waals surface area contributed by atoms with Gasteiger partial charge < -0.3 is 14.4 Å². The number of allylic oxidation sites excluding steroid dienone is 2. The van der Waals surface area contributed by atoms with Crippen LogP contribution in [0.4, 0.5) is 9.18 Å². The molecule has 3 N–H and O–H groups in total. The molecule has 5 heterocycles. The van der Waals surface area contributed by atoms with E-state index in [-0.39, 0.29) is 29.8 Å². The maximum absolute atomic E-state index is 17.2. The van der Waals surface area contributed by atoms with Crippen molar-refractivity contribution in [2.45, 2.75) is 38.4 Å². The van der Waals surface area contributed by atoms with Gasteiger partial charge in [-0.15, -0.1) is 0 Å². The second kappa shape index (κ2) is 7.70. The number of pyridine rings is 1. The third kappa shape index (κ3) is 3.21. The van der Waals surface area contributed by atoms with Crippen molar-refractivity contribution in [2.24, 2.45) is 11.8 Å². The molecule has 10 nitrogen and oxygen atoms in total. The van der Waals surface area contributed by atoms with Gasteiger partial charge in [-0.2, -0.15) is 0 Å². The Labute approximate surface area is 203 Å². The van der Waals surface area contributed by atoms with Crippen LogP contribution >= 0.6 is 11.6 Å². The van der Waals surface area contributed by atoms with Gasteiger partial charge in [0.2, 0.25) is 0 Å². The molecule has 0 radical (unpaired) electrons. The number of nitrogens with one attached hydrogen (secondary N) is 2. The molecule has 35 heavy (non-hydrogen) atoms. The molecule has 3 atom stereocenters. The quantitative estimate of drug-likeness (QED) is 0.358. The number of amides is 1. The highest BCUT2D eigenvalue weighted by molar-refractivity contribution is 6.30. The lowest BCUT2D eigenvalue weighted by atomic mass is 9.69. The predicted octanol–water partition coefficient (Wildman–Crippen LogP) is 4.03. The molecular formula is C23H21ClFN7O3. The number of hydrogen-bond donors (Lipinski definition) is 3. The Morgan fingerprint density at radius 2 is 2.20 bits per heavy atom. The monoisotopic (exact) mass is 497 g/mol. The molecule has 0 aromatic carbocycles. The van der Waals surface area contributed by atoms with E-state index in [2.05, 4.69) is 19.9 Å². The highest BCUT2D eigenvalue weighted by Gasteiger charge is 2.56. The van der Waals surface area contributed by atoms with E-state index in [1.165, 1.54) is 6.20 Å². The van der Waals surface area contributed by atoms with Crippen LogP contribution in [0.2, 0.25) is 5.02 Å². The summed E-state index contributed by atoms with van der Waals surface area (Å²) in [6, 6.07) is 1.66. The maximum Gasteiger partial charge on any atom is 0.410 e. The summed E-state index contributed by atoms with van der Waals surface area (Å²) in [7, 11) is 0. The maximum atomic E-state index is 17.2. The Hall–Kier alpha value is -3.60. The number of nitrogens with zero attached hydrogens (tertiary/aromatic N) is 5. The number of carbonyl (C=O) groups is 1. The molecule has 3 aromatic rings. The van der Waals surface area contributed by atoms with Crippen LogP contribution < -0.4 is 5.32 Å². The number of imidazole rings is 1. The van der Waals surface area contributed by atoms with Crippen LogP contribution in [0, 0.1) is 17.2 Å². The van der Waals surface area contributed by atoms with Gasteiger partial charge in [-0.3, -0.25) is 15.7 Å². The molecule has 1 amide bonds. The Bertz CT molecular complexity index is 1450. The van der Waals surface area contributed by atoms with Gasteiger partial charge in [-0.05, 0) is 18.9 Å². The van der Waals surface area contributed by atoms with E-state index in [4.69, 9.17) is 26.9 Å². The Morgan fingerprint density at radius 3 is 2.97 bits per heavy atom. The third-order valence-electron chi connectivity index (χ3n) is 7.01. The Morgan fingerprint density at radius 1 is 1.37 bits per heavy atom. The van der Waals surface area contributed by atoms with Crippen molar-refractivity contribution in [3.8, 4) is 11.3 Å². The number of ether oxygens (including phenoxy) is 1. The first kappa shape index (κ1) is 21.9. The van der Waals surface area contributed by atoms with Crippen LogP contribution in [0.25, 0.3) is 22.4 Å². The summed E-state index contributed by atoms with van der Waals surface area (Å²) >= 11 is 6.20. The molecular weight excluding hydrogens is 477 g/mol. The van der Waals surface area contributed by atoms with E-state index < -0.39 is 23.5 Å². The van der Waals surface area contributed by atoms with Gasteiger partial charge >= 0.3 is 6.09 Å². The topological polar surface area (TPSA) is 139 Å². The molecule has 3 aliphatic rings. The van der Waals surface area contributed by atoms with E-state index in [0.717, 1.165) is 18.6 Å². The smallest absolute Gasteiger partial charge is 0.410 e. The predicted molar refractivity (Wildman–Crippen MR) is 124 cm³/mol. The lowest BCUT2D eigenvalue weighted by molar-refractivity contribution is -0.0121. The minimum absolute atomic E-state index is 0.0478. The number of fused-ring (bicyclic) bond motifs is 4. The number of amidine groups is 1. The molecule has 0 spiro atoms. The summed E-state index contributed by atoms with van der Waals surface area (Å²) in [6.45, 7) is 2.55. The number of rotatable bonds is 2. The summed E-state index contributed by atoms with van der Waals surface area (Å²) in [5, 5.41) is 19.5. The first-order valence-corrected chi connectivity index (χ1v) is 11.7. The van der Waals surface area contributed by atoms with E-state index in [1.807, 2.05) is 16.8 Å². The fraction of sp³-hybridized carbons (Fsp3) is 0.391. The van der Waals surface area contributed by atoms with Gasteiger partial charge in [-0.25, -0.2) is 24.1 Å². The first-order valence-electron chi connectivity index (χ1n) is 11.3. The molecule has 0 fully saturated rings. The lowest BCUT2D eigenvalue weighted by Gasteiger charge is -2.47. The summed E-state index contributed by atoms with van der Waals surface area (Å²) in [4.78, 5) is 28.8. The number of aromatic nitrogens is 5. The summed E-state index contributed by atoms with van der Waals surface area (Å²) in [5.41, 5.74) is 0.406. The van der Waals surface area contributed by atoms with Gasteiger partial charge in [0.25, 0.3) is 0 Å². The third-order valence-corrected chi connectivity index (χ3v) is 7.22. The lowest BCUT2D eigenvalue weighted by Crippen LogP contribution is -2.48. The Balaban J connectivity index is 1.65. The first-order chi connectivity index (χ1) is 16.8. The molecule has 180 valence electrons. The van der Waals surface area contributed by atoms with Gasteiger partial charge in [0, 0.05) is 48.3 Å². The highest BCUT2D eigenvalue weighted by Crippen LogP contribution is 2.55. The SMILES string of the molecule is CC1COC2=C3[C@@H](CCC2)Cn2c(nc4nc(C(=N)NC(=O)O)nc(-c5cncc(Cl)c5)c42)C31F. The van der Waals surface area contributed by atoms with Crippen molar-refractivity contribution in [3.05, 3.63) is 46.5 Å². The summed E-state index contributed by atoms with van der Waals surface area (Å²) < 4.78 is 24.9. The van der Waals surface area contributed by atoms with Crippen molar-refractivity contribution in [1.82, 2.24) is 29.8 Å². The molecule has 0 saturated carbocycles. The number of halogens is 2. The molecule has 1 aliphatic carbocycles. The van der Waals surface area contributed by atoms with Crippen molar-refractivity contribution in [3.63, 3.8) is 0 Å². The zero-order chi connectivity index (χ0) is 24.5. The normalized spacial score (nSPS) is 25.0. The average molecular weight is 498 g/mol. The van der Waals surface area contributed by atoms with Gasteiger partial charge in [0.1, 0.15) is 11.2 Å². The zero-order valence-corrected chi connectivity index (χ0v) is 19.4. The van der Waals surface area contributed by atoms with Crippen molar-refractivity contribution < 1.29 is 19.0 Å². The van der Waals surface area contributed by atoms with E-state index >= 15 is 4.39 Å². The van der Waals surface area contributed by atoms with Crippen LogP contribution in [0.15, 0.2) is 29.8 Å². The van der Waals surface area contributed by atoms with E-state index in [1.54, 1.807) is 12.3 Å². The fourth-order valence-corrected chi connectivity index (χ4v) is 5.70. The van der Waals surface area contributed by atoms with Crippen LogP contribution in [-0.2, 0) is 17.0 Å². The van der Waals surface area contributed by atoms with E-state index in [9.17, 15) is 4.79 Å². The standard InChI is InChI=1S/C23H21ClFN7O3/c1-10-9-35-14-4-2-3-11-8-32-17-16(12-5-13(24)7-27-6-12)28-20(18(26)29-22(33)34)30-19(17)31-21(32)23(10,25)15(11)14/h5-7,10-11H,2-4,8-9H2,1H3,(H2,26,29)(H,33,34)/t10?,11-,23?/m0/s1. The minimum atomic E-state index is -1.82. The van der Waals surface area contributed by atoms with Crippen LogP contribution in [-0.4, -0.2) is 48.1 Å². The second-order valence-corrected chi connectivity index (χ2v) is 9.60. The molecule has 2 unspecified atom stereocenters. The summed E-state index contributed by atoms with van der Waals surface area (Å²) in [5.74, 6) is -0.250. The number of hydrogen-bond acceptors (Lipinski definition) is 7. The van der Waals surface area contributed by atoms with Crippen molar-refractivity contribution >= 4 is 34.7 Å². The van der Waals surface area contributed by atoms with Crippen molar-refractivity contribution in [1.29, 1.82) is 5.41 Å². The van der Waals surface area contributed by atoms with Gasteiger partial charge in [0.05, 0.1) is 17.4 Å². The molecule has 12 heteroatoms. The second-order valence-electron chi connectivity index (χ2n) is 9.16. The van der Waals surface area contributed by atoms with E-state index in [0.29, 0.717) is 40.3 Å². The van der Waals surface area contributed by atoms with Crippen LogP contribution in [0.3, 0.4) is 0 Å². The zero-order valence-electron chi connectivity index (χ0n) is 18.7. The Kier molecular flexibility index (Phi) is 4.82. The molecule has 0 saturated heterocycles. The summed E-state index contributed by atoms with van der Waals surface area (Å²) in [6.07, 6.45) is 4.08. The molecule has 0 bridgehead atoms. The number of alkyl halides is 1. The van der Waals surface area contributed by atoms with Crippen LogP contribution in [0.5, 0.6) is 0 Å².